The number of carbonyl (C=O) groups is 1. The van der Waals surface area contributed by atoms with Crippen molar-refractivity contribution in [3.63, 3.8) is 0 Å². The summed E-state index contributed by atoms with van der Waals surface area (Å²) < 4.78 is 0. The molecule has 0 heterocycles. The molecule has 264 valence electrons. The molecule has 1 unspecified atom stereocenters. The number of aliphatic carboxylic acids is 1. The molecule has 4 heteroatoms. The standard InChI is InChI=1S/C41H83NO2.Li/c1-4-7-9-11-13-15-17-19-21-23-25-27-29-31-33-35-37-42(40(6-3)39-41(43)44)38-36-34-32-30-28-26-24-22-20-18-16-14-12-10-8-5-2;/h40H,4-39H2,1-3H3,(H,43,44);/q;+1/p-1. The minimum atomic E-state index is -0.888. The van der Waals surface area contributed by atoms with Gasteiger partial charge < -0.3 is 14.8 Å². The van der Waals surface area contributed by atoms with Crippen molar-refractivity contribution in [1.82, 2.24) is 4.90 Å². The van der Waals surface area contributed by atoms with Crippen molar-refractivity contribution in [2.45, 2.75) is 245 Å². The Morgan fingerprint density at radius 3 is 0.844 bits per heavy atom. The van der Waals surface area contributed by atoms with Crippen molar-refractivity contribution >= 4 is 5.97 Å². The van der Waals surface area contributed by atoms with Gasteiger partial charge >= 0.3 is 18.9 Å². The molecule has 0 saturated heterocycles. The number of carbonyl (C=O) groups excluding carboxylic acids is 1. The molecule has 1 atom stereocenters. The van der Waals surface area contributed by atoms with Crippen LogP contribution in [0.4, 0.5) is 0 Å². The number of carboxylic acid groups (broad SMARTS) is 1. The summed E-state index contributed by atoms with van der Waals surface area (Å²) in [5.74, 6) is -0.888. The van der Waals surface area contributed by atoms with Crippen LogP contribution in [-0.2, 0) is 4.79 Å². The van der Waals surface area contributed by atoms with Crippen LogP contribution in [0.2, 0.25) is 0 Å². The van der Waals surface area contributed by atoms with Crippen LogP contribution < -0.4 is 24.0 Å². The molecule has 0 N–H and O–H groups in total. The summed E-state index contributed by atoms with van der Waals surface area (Å²) in [7, 11) is 0. The largest absolute Gasteiger partial charge is 1.00 e. The van der Waals surface area contributed by atoms with Crippen molar-refractivity contribution in [1.29, 1.82) is 0 Å². The summed E-state index contributed by atoms with van der Waals surface area (Å²) in [6.45, 7) is 8.84. The summed E-state index contributed by atoms with van der Waals surface area (Å²) in [4.78, 5) is 13.9. The third kappa shape index (κ3) is 36.7. The Labute approximate surface area is 296 Å². The Morgan fingerprint density at radius 2 is 0.644 bits per heavy atom. The molecular formula is C41H82LiNO2. The van der Waals surface area contributed by atoms with E-state index in [2.05, 4.69) is 25.7 Å². The summed E-state index contributed by atoms with van der Waals surface area (Å²) in [6.07, 6.45) is 45.6. The van der Waals surface area contributed by atoms with Crippen LogP contribution in [-0.4, -0.2) is 30.0 Å². The summed E-state index contributed by atoms with van der Waals surface area (Å²) in [6, 6.07) is 0.146. The number of hydrogen-bond donors (Lipinski definition) is 0. The van der Waals surface area contributed by atoms with E-state index < -0.39 is 5.97 Å². The van der Waals surface area contributed by atoms with Crippen LogP contribution in [0.15, 0.2) is 0 Å². The van der Waals surface area contributed by atoms with Gasteiger partial charge in [-0.3, -0.25) is 0 Å². The SMILES string of the molecule is CCCCCCCCCCCCCCCCCCN(CCCCCCCCCCCCCCCCCC)C(CC)CC(=O)[O-].[Li+]. The molecule has 45 heavy (non-hydrogen) atoms. The summed E-state index contributed by atoms with van der Waals surface area (Å²) >= 11 is 0. The number of hydrogen-bond acceptors (Lipinski definition) is 3. The number of rotatable bonds is 38. The fraction of sp³-hybridized carbons (Fsp3) is 0.976. The van der Waals surface area contributed by atoms with E-state index in [9.17, 15) is 9.90 Å². The molecule has 0 rings (SSSR count). The molecule has 0 aliphatic carbocycles. The molecule has 3 nitrogen and oxygen atoms in total. The first-order chi connectivity index (χ1) is 21.7. The molecule has 0 amide bonds. The van der Waals surface area contributed by atoms with Crippen LogP contribution >= 0.6 is 0 Å². The van der Waals surface area contributed by atoms with Gasteiger partial charge in [0, 0.05) is 18.4 Å². The predicted octanol–water partition coefficient (Wildman–Crippen LogP) is 9.73. The third-order valence-corrected chi connectivity index (χ3v) is 9.99. The van der Waals surface area contributed by atoms with E-state index in [1.54, 1.807) is 0 Å². The molecule has 0 aromatic carbocycles. The molecule has 0 aliphatic rings. The third-order valence-electron chi connectivity index (χ3n) is 9.99. The average Bonchev–Trinajstić information content (AvgIpc) is 3.02. The monoisotopic (exact) mass is 628 g/mol. The van der Waals surface area contributed by atoms with Gasteiger partial charge in [0.25, 0.3) is 0 Å². The molecule has 0 spiro atoms. The molecule has 0 aromatic heterocycles. The van der Waals surface area contributed by atoms with E-state index >= 15 is 0 Å². The van der Waals surface area contributed by atoms with Crippen molar-refractivity contribution < 1.29 is 28.8 Å². The van der Waals surface area contributed by atoms with Crippen LogP contribution in [0.1, 0.15) is 239 Å². The average molecular weight is 628 g/mol. The first-order valence-corrected chi connectivity index (χ1v) is 20.6. The smallest absolute Gasteiger partial charge is 0.550 e. The van der Waals surface area contributed by atoms with Gasteiger partial charge in [-0.1, -0.05) is 213 Å². The summed E-state index contributed by atoms with van der Waals surface area (Å²) in [5, 5.41) is 11.4. The number of nitrogens with zero attached hydrogens (tertiary/aromatic N) is 1. The normalized spacial score (nSPS) is 12.1. The van der Waals surface area contributed by atoms with E-state index in [-0.39, 0.29) is 31.3 Å². The van der Waals surface area contributed by atoms with Crippen LogP contribution in [0.25, 0.3) is 0 Å². The first-order valence-electron chi connectivity index (χ1n) is 20.6. The first kappa shape index (κ1) is 47.1. The maximum absolute atomic E-state index is 11.4. The maximum atomic E-state index is 11.4. The Morgan fingerprint density at radius 1 is 0.422 bits per heavy atom. The second-order valence-corrected chi connectivity index (χ2v) is 14.3. The van der Waals surface area contributed by atoms with E-state index in [0.717, 1.165) is 19.5 Å². The molecule has 0 fully saturated rings. The molecule has 0 aromatic rings. The Kier molecular flexibility index (Phi) is 42.1. The van der Waals surface area contributed by atoms with Crippen LogP contribution in [0.5, 0.6) is 0 Å². The quantitative estimate of drug-likeness (QED) is 0.0506. The minimum absolute atomic E-state index is 0. The predicted molar refractivity (Wildman–Crippen MR) is 194 cm³/mol. The fourth-order valence-corrected chi connectivity index (χ4v) is 6.93. The molecule has 0 saturated carbocycles. The zero-order chi connectivity index (χ0) is 32.2. The van der Waals surface area contributed by atoms with E-state index in [4.69, 9.17) is 0 Å². The second kappa shape index (κ2) is 40.2. The van der Waals surface area contributed by atoms with Crippen LogP contribution in [0.3, 0.4) is 0 Å². The number of unbranched alkanes of at least 4 members (excludes halogenated alkanes) is 30. The van der Waals surface area contributed by atoms with Gasteiger partial charge in [0.1, 0.15) is 0 Å². The number of carboxylic acids is 1. The molecule has 0 bridgehead atoms. The second-order valence-electron chi connectivity index (χ2n) is 14.3. The minimum Gasteiger partial charge on any atom is -0.550 e. The zero-order valence-corrected chi connectivity index (χ0v) is 31.8. The van der Waals surface area contributed by atoms with Gasteiger partial charge in [0.15, 0.2) is 0 Å². The van der Waals surface area contributed by atoms with E-state index in [1.165, 1.54) is 205 Å². The Bertz CT molecular complexity index is 522. The Balaban J connectivity index is 0. The fourth-order valence-electron chi connectivity index (χ4n) is 6.93. The van der Waals surface area contributed by atoms with Gasteiger partial charge in [-0.25, -0.2) is 0 Å². The zero-order valence-electron chi connectivity index (χ0n) is 31.8. The van der Waals surface area contributed by atoms with Gasteiger partial charge in [0.05, 0.1) is 0 Å². The molecule has 0 radical (unpaired) electrons. The van der Waals surface area contributed by atoms with Gasteiger partial charge in [-0.05, 0) is 32.4 Å². The summed E-state index contributed by atoms with van der Waals surface area (Å²) in [5.41, 5.74) is 0. The van der Waals surface area contributed by atoms with Gasteiger partial charge in [-0.15, -0.1) is 0 Å². The van der Waals surface area contributed by atoms with Crippen molar-refractivity contribution in [2.24, 2.45) is 0 Å². The van der Waals surface area contributed by atoms with Gasteiger partial charge in [0.2, 0.25) is 0 Å². The van der Waals surface area contributed by atoms with E-state index in [0.29, 0.717) is 0 Å². The maximum Gasteiger partial charge on any atom is 1.00 e. The molecule has 0 aliphatic heterocycles. The molecular weight excluding hydrogens is 545 g/mol. The van der Waals surface area contributed by atoms with Crippen molar-refractivity contribution in [3.8, 4) is 0 Å². The van der Waals surface area contributed by atoms with Crippen molar-refractivity contribution in [2.75, 3.05) is 13.1 Å². The van der Waals surface area contributed by atoms with E-state index in [1.807, 2.05) is 0 Å². The topological polar surface area (TPSA) is 43.4 Å². The van der Waals surface area contributed by atoms with Crippen LogP contribution in [0, 0.1) is 0 Å². The Hall–Kier alpha value is 0.0274. The van der Waals surface area contributed by atoms with Gasteiger partial charge in [-0.2, -0.15) is 0 Å². The van der Waals surface area contributed by atoms with Crippen molar-refractivity contribution in [3.05, 3.63) is 0 Å².